The van der Waals surface area contributed by atoms with Crippen molar-refractivity contribution >= 4 is 0 Å². The molecule has 5 nitrogen and oxygen atoms in total. The van der Waals surface area contributed by atoms with E-state index in [4.69, 9.17) is 4.52 Å². The molecule has 0 saturated carbocycles. The number of benzene rings is 2. The van der Waals surface area contributed by atoms with Crippen LogP contribution in [0.5, 0.6) is 5.75 Å². The summed E-state index contributed by atoms with van der Waals surface area (Å²) in [6.45, 7) is 0. The van der Waals surface area contributed by atoms with E-state index in [-0.39, 0.29) is 5.75 Å². The Balaban J connectivity index is 1.53. The Morgan fingerprint density at radius 1 is 0.840 bits per heavy atom. The lowest BCUT2D eigenvalue weighted by Gasteiger charge is -2.01. The second-order valence-corrected chi connectivity index (χ2v) is 5.66. The maximum Gasteiger partial charge on any atom is 0.259 e. The monoisotopic (exact) mass is 329 g/mol. The Morgan fingerprint density at radius 3 is 2.32 bits per heavy atom. The third-order valence-corrected chi connectivity index (χ3v) is 3.85. The quantitative estimate of drug-likeness (QED) is 0.610. The number of hydrogen-bond donors (Lipinski definition) is 1. The molecule has 0 aliphatic carbocycles. The van der Waals surface area contributed by atoms with Crippen LogP contribution in [0.3, 0.4) is 0 Å². The molecule has 0 unspecified atom stereocenters. The minimum Gasteiger partial charge on any atom is -0.508 e. The van der Waals surface area contributed by atoms with E-state index in [0.29, 0.717) is 18.1 Å². The van der Waals surface area contributed by atoms with Gasteiger partial charge in [-0.15, -0.1) is 0 Å². The summed E-state index contributed by atoms with van der Waals surface area (Å²) in [4.78, 5) is 8.88. The molecule has 5 heteroatoms. The molecule has 122 valence electrons. The van der Waals surface area contributed by atoms with E-state index < -0.39 is 0 Å². The molecule has 0 bridgehead atoms. The van der Waals surface area contributed by atoms with E-state index >= 15 is 0 Å². The summed E-state index contributed by atoms with van der Waals surface area (Å²) in [5.41, 5.74) is 3.65. The zero-order chi connectivity index (χ0) is 17.1. The van der Waals surface area contributed by atoms with Crippen molar-refractivity contribution in [3.05, 3.63) is 84.3 Å². The van der Waals surface area contributed by atoms with Gasteiger partial charge in [0.05, 0.1) is 11.3 Å². The molecule has 2 aromatic carbocycles. The topological polar surface area (TPSA) is 72.0 Å². The molecule has 2 aromatic heterocycles. The molecule has 0 amide bonds. The molecular formula is C20H15N3O2. The fourth-order valence-corrected chi connectivity index (χ4v) is 2.54. The van der Waals surface area contributed by atoms with E-state index in [0.717, 1.165) is 22.4 Å². The lowest BCUT2D eigenvalue weighted by atomic mass is 10.1. The molecule has 4 aromatic rings. The number of aromatic hydroxyl groups is 1. The smallest absolute Gasteiger partial charge is 0.259 e. The van der Waals surface area contributed by atoms with Crippen LogP contribution in [0, 0.1) is 0 Å². The van der Waals surface area contributed by atoms with Crippen molar-refractivity contribution in [3.8, 4) is 28.5 Å². The average molecular weight is 329 g/mol. The number of pyridine rings is 1. The number of phenolic OH excluding ortho intramolecular Hbond substituents is 1. The summed E-state index contributed by atoms with van der Waals surface area (Å²) in [6.07, 6.45) is 2.34. The van der Waals surface area contributed by atoms with Gasteiger partial charge in [-0.25, -0.2) is 0 Å². The molecule has 2 heterocycles. The Morgan fingerprint density at radius 2 is 1.60 bits per heavy atom. The van der Waals surface area contributed by atoms with Gasteiger partial charge in [0.25, 0.3) is 5.89 Å². The summed E-state index contributed by atoms with van der Waals surface area (Å²) >= 11 is 0. The van der Waals surface area contributed by atoms with Crippen LogP contribution in [0.2, 0.25) is 0 Å². The zero-order valence-electron chi connectivity index (χ0n) is 13.3. The van der Waals surface area contributed by atoms with Gasteiger partial charge in [-0.2, -0.15) is 4.98 Å². The highest BCUT2D eigenvalue weighted by atomic mass is 16.5. The van der Waals surface area contributed by atoms with Crippen LogP contribution < -0.4 is 0 Å². The van der Waals surface area contributed by atoms with Gasteiger partial charge in [-0.05, 0) is 42.0 Å². The summed E-state index contributed by atoms with van der Waals surface area (Å²) in [5.74, 6) is 1.33. The molecule has 0 radical (unpaired) electrons. The van der Waals surface area contributed by atoms with Crippen molar-refractivity contribution in [2.75, 3.05) is 0 Å². The highest BCUT2D eigenvalue weighted by Gasteiger charge is 2.10. The SMILES string of the molecule is Oc1ccc(-c2ccc(-c3nc(Cc4ccccc4)no3)cn2)cc1. The lowest BCUT2D eigenvalue weighted by Crippen LogP contribution is -1.90. The summed E-state index contributed by atoms with van der Waals surface area (Å²) in [5, 5.41) is 13.4. The predicted molar refractivity (Wildman–Crippen MR) is 93.9 cm³/mol. The van der Waals surface area contributed by atoms with Gasteiger partial charge in [0, 0.05) is 18.2 Å². The van der Waals surface area contributed by atoms with Crippen molar-refractivity contribution < 1.29 is 9.63 Å². The lowest BCUT2D eigenvalue weighted by molar-refractivity contribution is 0.424. The van der Waals surface area contributed by atoms with E-state index in [1.807, 2.05) is 54.6 Å². The summed E-state index contributed by atoms with van der Waals surface area (Å²) in [7, 11) is 0. The molecule has 0 aliphatic rings. The van der Waals surface area contributed by atoms with Gasteiger partial charge >= 0.3 is 0 Å². The molecule has 0 fully saturated rings. The summed E-state index contributed by atoms with van der Waals surface area (Å²) in [6, 6.07) is 20.7. The largest absolute Gasteiger partial charge is 0.508 e. The number of rotatable bonds is 4. The third-order valence-electron chi connectivity index (χ3n) is 3.85. The number of nitrogens with zero attached hydrogens (tertiary/aromatic N) is 3. The van der Waals surface area contributed by atoms with Crippen molar-refractivity contribution in [3.63, 3.8) is 0 Å². The van der Waals surface area contributed by atoms with E-state index in [1.165, 1.54) is 0 Å². The van der Waals surface area contributed by atoms with Gasteiger partial charge in [-0.3, -0.25) is 4.98 Å². The molecular weight excluding hydrogens is 314 g/mol. The number of aromatic nitrogens is 3. The molecule has 0 saturated heterocycles. The van der Waals surface area contributed by atoms with Gasteiger partial charge in [0.15, 0.2) is 5.82 Å². The Bertz CT molecular complexity index is 962. The molecule has 0 aliphatic heterocycles. The molecule has 4 rings (SSSR count). The molecule has 0 atom stereocenters. The standard InChI is InChI=1S/C20H15N3O2/c24-17-9-6-15(7-10-17)18-11-8-16(13-21-18)20-22-19(23-25-20)12-14-4-2-1-3-5-14/h1-11,13,24H,12H2. The molecule has 25 heavy (non-hydrogen) atoms. The van der Waals surface area contributed by atoms with E-state index in [9.17, 15) is 5.11 Å². The number of hydrogen-bond acceptors (Lipinski definition) is 5. The minimum absolute atomic E-state index is 0.233. The minimum atomic E-state index is 0.233. The summed E-state index contributed by atoms with van der Waals surface area (Å²) < 4.78 is 5.35. The van der Waals surface area contributed by atoms with Crippen LogP contribution in [0.15, 0.2) is 77.4 Å². The van der Waals surface area contributed by atoms with Crippen molar-refractivity contribution in [2.24, 2.45) is 0 Å². The first-order valence-electron chi connectivity index (χ1n) is 7.90. The van der Waals surface area contributed by atoms with Crippen molar-refractivity contribution in [2.45, 2.75) is 6.42 Å². The number of phenols is 1. The van der Waals surface area contributed by atoms with E-state index in [1.54, 1.807) is 18.3 Å². The van der Waals surface area contributed by atoms with Gasteiger partial charge in [0.1, 0.15) is 5.75 Å². The fourth-order valence-electron chi connectivity index (χ4n) is 2.54. The molecule has 0 spiro atoms. The van der Waals surface area contributed by atoms with Crippen molar-refractivity contribution in [1.82, 2.24) is 15.1 Å². The molecule has 1 N–H and O–H groups in total. The van der Waals surface area contributed by atoms with Gasteiger partial charge in [-0.1, -0.05) is 35.5 Å². The Hall–Kier alpha value is -3.47. The van der Waals surface area contributed by atoms with Crippen molar-refractivity contribution in [1.29, 1.82) is 0 Å². The van der Waals surface area contributed by atoms with Crippen LogP contribution in [0.4, 0.5) is 0 Å². The first kappa shape index (κ1) is 15.1. The van der Waals surface area contributed by atoms with Gasteiger partial charge < -0.3 is 9.63 Å². The normalized spacial score (nSPS) is 10.7. The van der Waals surface area contributed by atoms with Crippen LogP contribution in [0.1, 0.15) is 11.4 Å². The average Bonchev–Trinajstić information content (AvgIpc) is 3.12. The van der Waals surface area contributed by atoms with Crippen LogP contribution >= 0.6 is 0 Å². The third kappa shape index (κ3) is 3.40. The Kier molecular flexibility index (Phi) is 3.96. The van der Waals surface area contributed by atoms with Gasteiger partial charge in [0.2, 0.25) is 0 Å². The second-order valence-electron chi connectivity index (χ2n) is 5.66. The van der Waals surface area contributed by atoms with E-state index in [2.05, 4.69) is 15.1 Å². The predicted octanol–water partition coefficient (Wildman–Crippen LogP) is 4.10. The second kappa shape index (κ2) is 6.57. The first-order chi connectivity index (χ1) is 12.3. The maximum atomic E-state index is 9.36. The first-order valence-corrected chi connectivity index (χ1v) is 7.90. The highest BCUT2D eigenvalue weighted by molar-refractivity contribution is 5.63. The van der Waals surface area contributed by atoms with Crippen LogP contribution in [0.25, 0.3) is 22.7 Å². The zero-order valence-corrected chi connectivity index (χ0v) is 13.3. The maximum absolute atomic E-state index is 9.36. The Labute approximate surface area is 144 Å². The van der Waals surface area contributed by atoms with Crippen LogP contribution in [-0.2, 0) is 6.42 Å². The van der Waals surface area contributed by atoms with Crippen LogP contribution in [-0.4, -0.2) is 20.2 Å². The highest BCUT2D eigenvalue weighted by Crippen LogP contribution is 2.23. The fraction of sp³-hybridized carbons (Fsp3) is 0.0500.